The average molecular weight is 287 g/mol. The molecule has 3 rings (SSSR count). The van der Waals surface area contributed by atoms with Crippen molar-refractivity contribution in [3.05, 3.63) is 35.4 Å². The highest BCUT2D eigenvalue weighted by Crippen LogP contribution is 2.33. The summed E-state index contributed by atoms with van der Waals surface area (Å²) in [6.45, 7) is 1.45. The van der Waals surface area contributed by atoms with Crippen molar-refractivity contribution < 1.29 is 14.7 Å². The van der Waals surface area contributed by atoms with Gasteiger partial charge in [-0.15, -0.1) is 0 Å². The topological polar surface area (TPSA) is 57.6 Å². The quantitative estimate of drug-likeness (QED) is 0.909. The predicted octanol–water partition coefficient (Wildman–Crippen LogP) is 2.46. The van der Waals surface area contributed by atoms with E-state index in [-0.39, 0.29) is 17.7 Å². The number of benzene rings is 1. The first-order valence-electron chi connectivity index (χ1n) is 7.73. The van der Waals surface area contributed by atoms with Gasteiger partial charge in [-0.1, -0.05) is 24.3 Å². The van der Waals surface area contributed by atoms with Crippen LogP contribution in [-0.2, 0) is 22.6 Å². The highest BCUT2D eigenvalue weighted by atomic mass is 16.4. The molecule has 1 aromatic carbocycles. The summed E-state index contributed by atoms with van der Waals surface area (Å²) in [5, 5.41) is 9.07. The van der Waals surface area contributed by atoms with Crippen LogP contribution in [0.25, 0.3) is 0 Å². The van der Waals surface area contributed by atoms with Crippen molar-refractivity contribution >= 4 is 11.9 Å². The van der Waals surface area contributed by atoms with Crippen molar-refractivity contribution in [1.29, 1.82) is 0 Å². The van der Waals surface area contributed by atoms with E-state index < -0.39 is 5.97 Å². The Morgan fingerprint density at radius 3 is 2.52 bits per heavy atom. The maximum Gasteiger partial charge on any atom is 0.306 e. The molecule has 1 heterocycles. The van der Waals surface area contributed by atoms with Gasteiger partial charge in [0.25, 0.3) is 0 Å². The van der Waals surface area contributed by atoms with Crippen LogP contribution in [0.4, 0.5) is 0 Å². The molecule has 0 spiro atoms. The normalized spacial score (nSPS) is 25.2. The standard InChI is InChI=1S/C17H21NO3/c19-16(13-7-8-14(10-13)17(20)21)18-9-3-6-12-4-1-2-5-15(12)11-18/h1-2,4-5,13-14H,3,6-11H2,(H,20,21). The first kappa shape index (κ1) is 14.1. The van der Waals surface area contributed by atoms with Gasteiger partial charge in [0.2, 0.25) is 5.91 Å². The molecular weight excluding hydrogens is 266 g/mol. The van der Waals surface area contributed by atoms with E-state index in [2.05, 4.69) is 12.1 Å². The number of carbonyl (C=O) groups is 2. The highest BCUT2D eigenvalue weighted by Gasteiger charge is 2.36. The van der Waals surface area contributed by atoms with Gasteiger partial charge in [-0.3, -0.25) is 9.59 Å². The number of aryl methyl sites for hydroxylation is 1. The number of hydrogen-bond acceptors (Lipinski definition) is 2. The Labute approximate surface area is 124 Å². The Balaban J connectivity index is 1.70. The van der Waals surface area contributed by atoms with E-state index in [1.54, 1.807) is 0 Å². The van der Waals surface area contributed by atoms with Gasteiger partial charge in [0.1, 0.15) is 0 Å². The smallest absolute Gasteiger partial charge is 0.306 e. The molecule has 1 saturated carbocycles. The van der Waals surface area contributed by atoms with Crippen LogP contribution in [0.2, 0.25) is 0 Å². The number of hydrogen-bond donors (Lipinski definition) is 1. The Hall–Kier alpha value is -1.84. The molecule has 2 unspecified atom stereocenters. The molecule has 1 aliphatic heterocycles. The molecule has 0 radical (unpaired) electrons. The van der Waals surface area contributed by atoms with Crippen molar-refractivity contribution in [2.24, 2.45) is 11.8 Å². The summed E-state index contributed by atoms with van der Waals surface area (Å²) in [5.74, 6) is -1.04. The van der Waals surface area contributed by atoms with Crippen molar-refractivity contribution in [3.63, 3.8) is 0 Å². The Bertz CT molecular complexity index is 555. The Morgan fingerprint density at radius 2 is 1.81 bits per heavy atom. The number of carbonyl (C=O) groups excluding carboxylic acids is 1. The summed E-state index contributed by atoms with van der Waals surface area (Å²) in [5.41, 5.74) is 2.57. The van der Waals surface area contributed by atoms with Crippen molar-refractivity contribution in [1.82, 2.24) is 4.90 Å². The van der Waals surface area contributed by atoms with E-state index in [1.807, 2.05) is 17.0 Å². The van der Waals surface area contributed by atoms with E-state index in [0.717, 1.165) is 19.4 Å². The van der Waals surface area contributed by atoms with Gasteiger partial charge in [-0.05, 0) is 43.2 Å². The summed E-state index contributed by atoms with van der Waals surface area (Å²) in [4.78, 5) is 25.6. The highest BCUT2D eigenvalue weighted by molar-refractivity contribution is 5.81. The van der Waals surface area contributed by atoms with Crippen LogP contribution in [0, 0.1) is 11.8 Å². The molecule has 4 heteroatoms. The van der Waals surface area contributed by atoms with Crippen molar-refractivity contribution in [2.45, 2.75) is 38.6 Å². The third-order valence-electron chi connectivity index (χ3n) is 4.80. The molecule has 1 N–H and O–H groups in total. The van der Waals surface area contributed by atoms with Crippen molar-refractivity contribution in [3.8, 4) is 0 Å². The fourth-order valence-corrected chi connectivity index (χ4v) is 3.58. The SMILES string of the molecule is O=C(O)C1CCC(C(=O)N2CCCc3ccccc3C2)C1. The number of aliphatic carboxylic acids is 1. The first-order chi connectivity index (χ1) is 10.1. The van der Waals surface area contributed by atoms with E-state index in [9.17, 15) is 9.59 Å². The number of amides is 1. The number of carboxylic acid groups (broad SMARTS) is 1. The molecule has 2 aliphatic rings. The summed E-state index contributed by atoms with van der Waals surface area (Å²) in [7, 11) is 0. The summed E-state index contributed by atoms with van der Waals surface area (Å²) < 4.78 is 0. The second-order valence-corrected chi connectivity index (χ2v) is 6.18. The average Bonchev–Trinajstić information content (AvgIpc) is 2.87. The zero-order valence-corrected chi connectivity index (χ0v) is 12.1. The molecule has 1 aliphatic carbocycles. The molecule has 1 amide bonds. The number of carboxylic acids is 1. The second-order valence-electron chi connectivity index (χ2n) is 6.18. The van der Waals surface area contributed by atoms with Gasteiger partial charge in [-0.2, -0.15) is 0 Å². The molecule has 4 nitrogen and oxygen atoms in total. The molecule has 0 saturated heterocycles. The van der Waals surface area contributed by atoms with E-state index in [0.29, 0.717) is 25.8 Å². The number of fused-ring (bicyclic) bond motifs is 1. The lowest BCUT2D eigenvalue weighted by atomic mass is 10.0. The molecule has 21 heavy (non-hydrogen) atoms. The zero-order chi connectivity index (χ0) is 14.8. The van der Waals surface area contributed by atoms with Crippen LogP contribution in [0.15, 0.2) is 24.3 Å². The largest absolute Gasteiger partial charge is 0.481 e. The van der Waals surface area contributed by atoms with Gasteiger partial charge < -0.3 is 10.0 Å². The predicted molar refractivity (Wildman–Crippen MR) is 78.6 cm³/mol. The minimum Gasteiger partial charge on any atom is -0.481 e. The van der Waals surface area contributed by atoms with Gasteiger partial charge in [0, 0.05) is 19.0 Å². The van der Waals surface area contributed by atoms with Crippen LogP contribution in [-0.4, -0.2) is 28.4 Å². The van der Waals surface area contributed by atoms with Gasteiger partial charge in [0.05, 0.1) is 5.92 Å². The fraction of sp³-hybridized carbons (Fsp3) is 0.529. The summed E-state index contributed by atoms with van der Waals surface area (Å²) >= 11 is 0. The van der Waals surface area contributed by atoms with Gasteiger partial charge in [-0.25, -0.2) is 0 Å². The van der Waals surface area contributed by atoms with Crippen LogP contribution < -0.4 is 0 Å². The fourth-order valence-electron chi connectivity index (χ4n) is 3.58. The molecular formula is C17H21NO3. The minimum absolute atomic E-state index is 0.101. The van der Waals surface area contributed by atoms with E-state index in [4.69, 9.17) is 5.11 Å². The Morgan fingerprint density at radius 1 is 1.10 bits per heavy atom. The second kappa shape index (κ2) is 5.88. The zero-order valence-electron chi connectivity index (χ0n) is 12.1. The number of rotatable bonds is 2. The third-order valence-corrected chi connectivity index (χ3v) is 4.80. The Kier molecular flexibility index (Phi) is 3.95. The molecule has 1 fully saturated rings. The summed E-state index contributed by atoms with van der Waals surface area (Å²) in [6.07, 6.45) is 3.86. The lowest BCUT2D eigenvalue weighted by Gasteiger charge is -2.24. The van der Waals surface area contributed by atoms with Crippen LogP contribution in [0.5, 0.6) is 0 Å². The first-order valence-corrected chi connectivity index (χ1v) is 7.73. The molecule has 2 atom stereocenters. The van der Waals surface area contributed by atoms with Crippen LogP contribution in [0.1, 0.15) is 36.8 Å². The maximum atomic E-state index is 12.7. The summed E-state index contributed by atoms with van der Waals surface area (Å²) in [6, 6.07) is 8.29. The van der Waals surface area contributed by atoms with Gasteiger partial charge in [0.15, 0.2) is 0 Å². The number of nitrogens with zero attached hydrogens (tertiary/aromatic N) is 1. The van der Waals surface area contributed by atoms with E-state index in [1.165, 1.54) is 11.1 Å². The monoisotopic (exact) mass is 287 g/mol. The van der Waals surface area contributed by atoms with Gasteiger partial charge >= 0.3 is 5.97 Å². The van der Waals surface area contributed by atoms with Crippen LogP contribution >= 0.6 is 0 Å². The third kappa shape index (κ3) is 2.94. The molecule has 0 bridgehead atoms. The lowest BCUT2D eigenvalue weighted by Crippen LogP contribution is -2.35. The van der Waals surface area contributed by atoms with Crippen LogP contribution in [0.3, 0.4) is 0 Å². The lowest BCUT2D eigenvalue weighted by molar-refractivity contribution is -0.141. The minimum atomic E-state index is -0.758. The molecule has 112 valence electrons. The molecule has 1 aromatic rings. The van der Waals surface area contributed by atoms with Crippen molar-refractivity contribution in [2.75, 3.05) is 6.54 Å². The van der Waals surface area contributed by atoms with E-state index >= 15 is 0 Å². The maximum absolute atomic E-state index is 12.7. The molecule has 0 aromatic heterocycles.